The number of benzene rings is 4. The summed E-state index contributed by atoms with van der Waals surface area (Å²) in [6.07, 6.45) is -1.23. The van der Waals surface area contributed by atoms with E-state index in [1.807, 2.05) is 60.7 Å². The Labute approximate surface area is 200 Å². The van der Waals surface area contributed by atoms with Gasteiger partial charge in [-0.3, -0.25) is 4.79 Å². The molecule has 0 unspecified atom stereocenters. The van der Waals surface area contributed by atoms with E-state index in [9.17, 15) is 9.90 Å². The summed E-state index contributed by atoms with van der Waals surface area (Å²) in [5.74, 6) is 0.585. The van der Waals surface area contributed by atoms with Crippen LogP contribution in [0.5, 0.6) is 17.2 Å². The van der Waals surface area contributed by atoms with Crippen LogP contribution in [0.25, 0.3) is 20.8 Å². The second-order valence-corrected chi connectivity index (χ2v) is 8.43. The van der Waals surface area contributed by atoms with Gasteiger partial charge in [0.1, 0.15) is 22.3 Å². The minimum atomic E-state index is -1.23. The molecule has 5 rings (SSSR count). The molecule has 0 aliphatic rings. The van der Waals surface area contributed by atoms with Gasteiger partial charge in [-0.15, -0.1) is 11.3 Å². The first-order valence-electron chi connectivity index (χ1n) is 10.6. The molecular formula is C27H20N2O4S. The molecule has 0 saturated carbocycles. The van der Waals surface area contributed by atoms with Gasteiger partial charge in [0.15, 0.2) is 0 Å². The number of phenols is 1. The van der Waals surface area contributed by atoms with Crippen molar-refractivity contribution < 1.29 is 19.4 Å². The zero-order chi connectivity index (χ0) is 23.3. The Bertz CT molecular complexity index is 1350. The Morgan fingerprint density at radius 3 is 2.09 bits per heavy atom. The Hall–Kier alpha value is -4.36. The van der Waals surface area contributed by atoms with E-state index in [1.54, 1.807) is 36.4 Å². The zero-order valence-electron chi connectivity index (χ0n) is 17.9. The molecule has 1 aromatic heterocycles. The molecule has 0 saturated heterocycles. The number of carbonyl (C=O) groups excluding carboxylic acids is 1. The SMILES string of the molecule is O=C(Nc1ccc(O)c(-c2nc3ccccc3s2)c1)C(Oc1ccccc1)Oc1ccccc1. The molecule has 0 aliphatic carbocycles. The van der Waals surface area contributed by atoms with Crippen molar-refractivity contribution in [2.24, 2.45) is 0 Å². The number of hydrogen-bond acceptors (Lipinski definition) is 6. The first kappa shape index (κ1) is 21.5. The maximum Gasteiger partial charge on any atom is 0.321 e. The lowest BCUT2D eigenvalue weighted by Crippen LogP contribution is -2.38. The average Bonchev–Trinajstić information content (AvgIpc) is 3.30. The van der Waals surface area contributed by atoms with Gasteiger partial charge in [0.05, 0.1) is 15.8 Å². The number of anilines is 1. The normalized spacial score (nSPS) is 10.9. The summed E-state index contributed by atoms with van der Waals surface area (Å²) in [7, 11) is 0. The van der Waals surface area contributed by atoms with Crippen LogP contribution >= 0.6 is 11.3 Å². The maximum atomic E-state index is 13.2. The molecule has 0 bridgehead atoms. The van der Waals surface area contributed by atoms with E-state index in [2.05, 4.69) is 10.3 Å². The Morgan fingerprint density at radius 1 is 0.824 bits per heavy atom. The predicted octanol–water partition coefficient (Wildman–Crippen LogP) is 6.09. The number of nitrogens with zero attached hydrogens (tertiary/aromatic N) is 1. The van der Waals surface area contributed by atoms with Crippen LogP contribution in [-0.4, -0.2) is 22.3 Å². The van der Waals surface area contributed by atoms with E-state index in [1.165, 1.54) is 17.4 Å². The molecule has 0 spiro atoms. The Kier molecular flexibility index (Phi) is 6.09. The summed E-state index contributed by atoms with van der Waals surface area (Å²) in [5, 5.41) is 13.9. The lowest BCUT2D eigenvalue weighted by Gasteiger charge is -2.20. The highest BCUT2D eigenvalue weighted by Gasteiger charge is 2.23. The summed E-state index contributed by atoms with van der Waals surface area (Å²) in [6, 6.07) is 30.6. The highest BCUT2D eigenvalue weighted by Crippen LogP contribution is 2.36. The van der Waals surface area contributed by atoms with Crippen LogP contribution in [0.4, 0.5) is 5.69 Å². The van der Waals surface area contributed by atoms with Gasteiger partial charge in [0, 0.05) is 5.69 Å². The van der Waals surface area contributed by atoms with Gasteiger partial charge >= 0.3 is 12.2 Å². The number of phenolic OH excluding ortho intramolecular Hbond substituents is 1. The van der Waals surface area contributed by atoms with Crippen LogP contribution in [0.15, 0.2) is 103 Å². The molecule has 0 atom stereocenters. The van der Waals surface area contributed by atoms with Gasteiger partial charge < -0.3 is 19.9 Å². The van der Waals surface area contributed by atoms with Gasteiger partial charge in [0.25, 0.3) is 0 Å². The van der Waals surface area contributed by atoms with Crippen LogP contribution in [-0.2, 0) is 4.79 Å². The number of nitrogens with one attached hydrogen (secondary N) is 1. The maximum absolute atomic E-state index is 13.2. The number of ether oxygens (including phenoxy) is 2. The number of carbonyl (C=O) groups is 1. The van der Waals surface area contributed by atoms with Crippen LogP contribution in [0.1, 0.15) is 0 Å². The van der Waals surface area contributed by atoms with Crippen molar-refractivity contribution in [1.82, 2.24) is 4.98 Å². The molecule has 1 amide bonds. The number of aromatic hydroxyl groups is 1. The van der Waals surface area contributed by atoms with Crippen LogP contribution in [0.2, 0.25) is 0 Å². The number of thiazole rings is 1. The molecule has 7 heteroatoms. The lowest BCUT2D eigenvalue weighted by atomic mass is 10.2. The van der Waals surface area contributed by atoms with Gasteiger partial charge in [0.2, 0.25) is 0 Å². The summed E-state index contributed by atoms with van der Waals surface area (Å²) in [6.45, 7) is 0. The third-order valence-corrected chi connectivity index (χ3v) is 6.04. The number of para-hydroxylation sites is 3. The summed E-state index contributed by atoms with van der Waals surface area (Å²) in [4.78, 5) is 17.8. The van der Waals surface area contributed by atoms with Crippen molar-refractivity contribution in [1.29, 1.82) is 0 Å². The fraction of sp³-hybridized carbons (Fsp3) is 0.0370. The average molecular weight is 469 g/mol. The molecule has 1 heterocycles. The zero-order valence-corrected chi connectivity index (χ0v) is 18.7. The molecule has 2 N–H and O–H groups in total. The Balaban J connectivity index is 1.40. The van der Waals surface area contributed by atoms with Crippen LogP contribution in [0.3, 0.4) is 0 Å². The van der Waals surface area contributed by atoms with Crippen molar-refractivity contribution >= 4 is 33.1 Å². The molecule has 0 aliphatic heterocycles. The standard InChI is InChI=1S/C27H20N2O4S/c30-23-16-15-18(17-21(23)26-29-22-13-7-8-14-24(22)34-26)28-25(31)27(32-19-9-3-1-4-10-19)33-20-11-5-2-6-12-20/h1-17,27,30H,(H,28,31). The first-order valence-corrected chi connectivity index (χ1v) is 11.4. The van der Waals surface area contributed by atoms with Crippen molar-refractivity contribution in [3.05, 3.63) is 103 Å². The van der Waals surface area contributed by atoms with E-state index < -0.39 is 12.2 Å². The molecule has 0 radical (unpaired) electrons. The minimum Gasteiger partial charge on any atom is -0.507 e. The fourth-order valence-electron chi connectivity index (χ4n) is 3.35. The molecule has 34 heavy (non-hydrogen) atoms. The number of fused-ring (bicyclic) bond motifs is 1. The summed E-state index contributed by atoms with van der Waals surface area (Å²) < 4.78 is 12.7. The molecular weight excluding hydrogens is 448 g/mol. The van der Waals surface area contributed by atoms with Gasteiger partial charge in [-0.25, -0.2) is 4.98 Å². The van der Waals surface area contributed by atoms with E-state index in [4.69, 9.17) is 9.47 Å². The Morgan fingerprint density at radius 2 is 1.44 bits per heavy atom. The monoisotopic (exact) mass is 468 g/mol. The van der Waals surface area contributed by atoms with E-state index in [0.29, 0.717) is 27.8 Å². The van der Waals surface area contributed by atoms with E-state index in [-0.39, 0.29) is 5.75 Å². The summed E-state index contributed by atoms with van der Waals surface area (Å²) in [5.41, 5.74) is 1.86. The largest absolute Gasteiger partial charge is 0.507 e. The molecule has 168 valence electrons. The number of hydrogen-bond donors (Lipinski definition) is 2. The van der Waals surface area contributed by atoms with Gasteiger partial charge in [-0.05, 0) is 54.6 Å². The second kappa shape index (κ2) is 9.64. The third kappa shape index (κ3) is 4.84. The third-order valence-electron chi connectivity index (χ3n) is 4.98. The highest BCUT2D eigenvalue weighted by molar-refractivity contribution is 7.21. The van der Waals surface area contributed by atoms with E-state index >= 15 is 0 Å². The van der Waals surface area contributed by atoms with Gasteiger partial charge in [-0.2, -0.15) is 0 Å². The highest BCUT2D eigenvalue weighted by atomic mass is 32.1. The molecule has 0 fully saturated rings. The van der Waals surface area contributed by atoms with Crippen molar-refractivity contribution in [2.45, 2.75) is 6.29 Å². The van der Waals surface area contributed by atoms with Crippen molar-refractivity contribution in [3.8, 4) is 27.8 Å². The lowest BCUT2D eigenvalue weighted by molar-refractivity contribution is -0.134. The fourth-order valence-corrected chi connectivity index (χ4v) is 4.34. The quantitative estimate of drug-likeness (QED) is 0.223. The first-order chi connectivity index (χ1) is 16.7. The minimum absolute atomic E-state index is 0.0784. The number of aromatic nitrogens is 1. The number of amides is 1. The molecule has 6 nitrogen and oxygen atoms in total. The predicted molar refractivity (Wildman–Crippen MR) is 133 cm³/mol. The van der Waals surface area contributed by atoms with Gasteiger partial charge in [-0.1, -0.05) is 48.5 Å². The molecule has 4 aromatic carbocycles. The van der Waals surface area contributed by atoms with Crippen LogP contribution in [0, 0.1) is 0 Å². The van der Waals surface area contributed by atoms with Crippen molar-refractivity contribution in [2.75, 3.05) is 5.32 Å². The number of rotatable bonds is 7. The molecule has 5 aromatic rings. The second-order valence-electron chi connectivity index (χ2n) is 7.40. The van der Waals surface area contributed by atoms with E-state index in [0.717, 1.165) is 10.2 Å². The summed E-state index contributed by atoms with van der Waals surface area (Å²) >= 11 is 1.47. The van der Waals surface area contributed by atoms with Crippen LogP contribution < -0.4 is 14.8 Å². The smallest absolute Gasteiger partial charge is 0.321 e. The van der Waals surface area contributed by atoms with Crippen molar-refractivity contribution in [3.63, 3.8) is 0 Å². The topological polar surface area (TPSA) is 80.7 Å².